The van der Waals surface area contributed by atoms with Crippen LogP contribution in [0.15, 0.2) is 43.1 Å². The number of hydrogen-bond donors (Lipinski definition) is 1. The second-order valence-electron chi connectivity index (χ2n) is 9.23. The highest BCUT2D eigenvalue weighted by atomic mass is 16.5. The molecule has 1 saturated heterocycles. The normalized spacial score (nSPS) is 18.5. The van der Waals surface area contributed by atoms with E-state index >= 15 is 0 Å². The van der Waals surface area contributed by atoms with Gasteiger partial charge in [-0.1, -0.05) is 6.58 Å². The van der Waals surface area contributed by atoms with Gasteiger partial charge in [0.15, 0.2) is 0 Å². The van der Waals surface area contributed by atoms with E-state index in [2.05, 4.69) is 33.4 Å². The number of likely N-dealkylation sites (N-methyl/N-ethyl adjacent to an activating group) is 1. The van der Waals surface area contributed by atoms with Gasteiger partial charge in [-0.05, 0) is 57.2 Å². The third-order valence-corrected chi connectivity index (χ3v) is 6.70. The zero-order chi connectivity index (χ0) is 24.5. The van der Waals surface area contributed by atoms with Crippen molar-refractivity contribution in [2.45, 2.75) is 32.4 Å². The summed E-state index contributed by atoms with van der Waals surface area (Å²) < 4.78 is 8.17. The standard InChI is InChI=1S/C26H30N6O3/c1-4-23(33)31-11-5-6-19(15-31)32-24-20-16-30(3)12-13-35-22(20)8-7-21(24)28-26(32)29-25(34)18-9-10-27-17(2)14-18/h4,7-10,14,19H,1,5-6,11-13,15-16H2,2-3H3,(H,28,29,34). The zero-order valence-electron chi connectivity index (χ0n) is 20.2. The Labute approximate surface area is 204 Å². The third kappa shape index (κ3) is 4.51. The maximum absolute atomic E-state index is 13.2. The van der Waals surface area contributed by atoms with Crippen LogP contribution in [0.25, 0.3) is 11.0 Å². The van der Waals surface area contributed by atoms with Crippen LogP contribution in [0.4, 0.5) is 5.95 Å². The predicted molar refractivity (Wildman–Crippen MR) is 134 cm³/mol. The summed E-state index contributed by atoms with van der Waals surface area (Å²) in [4.78, 5) is 38.7. The number of benzene rings is 1. The van der Waals surface area contributed by atoms with Gasteiger partial charge in [-0.2, -0.15) is 0 Å². The molecule has 1 atom stereocenters. The summed E-state index contributed by atoms with van der Waals surface area (Å²) in [5, 5.41) is 3.04. The molecule has 0 aliphatic carbocycles. The summed E-state index contributed by atoms with van der Waals surface area (Å²) >= 11 is 0. The summed E-state index contributed by atoms with van der Waals surface area (Å²) in [6, 6.07) is 7.29. The van der Waals surface area contributed by atoms with E-state index in [4.69, 9.17) is 9.72 Å². The van der Waals surface area contributed by atoms with Crippen LogP contribution >= 0.6 is 0 Å². The largest absolute Gasteiger partial charge is 0.492 e. The lowest BCUT2D eigenvalue weighted by molar-refractivity contribution is -0.127. The van der Waals surface area contributed by atoms with Crippen LogP contribution in [0.1, 0.15) is 40.5 Å². The number of ether oxygens (including phenoxy) is 1. The first kappa shape index (κ1) is 23.0. The van der Waals surface area contributed by atoms with Crippen LogP contribution in [-0.2, 0) is 11.3 Å². The molecule has 35 heavy (non-hydrogen) atoms. The minimum atomic E-state index is -0.249. The molecular weight excluding hydrogens is 444 g/mol. The topological polar surface area (TPSA) is 92.6 Å². The monoisotopic (exact) mass is 474 g/mol. The van der Waals surface area contributed by atoms with E-state index in [1.54, 1.807) is 18.3 Å². The van der Waals surface area contributed by atoms with Gasteiger partial charge < -0.3 is 14.2 Å². The van der Waals surface area contributed by atoms with Crippen molar-refractivity contribution in [3.63, 3.8) is 0 Å². The van der Waals surface area contributed by atoms with Crippen molar-refractivity contribution in [1.29, 1.82) is 0 Å². The summed E-state index contributed by atoms with van der Waals surface area (Å²) in [5.74, 6) is 0.971. The van der Waals surface area contributed by atoms with E-state index in [-0.39, 0.29) is 17.9 Å². The maximum atomic E-state index is 13.2. The smallest absolute Gasteiger partial charge is 0.258 e. The Morgan fingerprint density at radius 2 is 2.11 bits per heavy atom. The Bertz CT molecular complexity index is 1300. The Morgan fingerprint density at radius 1 is 1.26 bits per heavy atom. The molecule has 1 aromatic carbocycles. The molecule has 182 valence electrons. The van der Waals surface area contributed by atoms with Crippen LogP contribution < -0.4 is 10.1 Å². The molecule has 0 radical (unpaired) electrons. The average molecular weight is 475 g/mol. The molecule has 5 rings (SSSR count). The van der Waals surface area contributed by atoms with Gasteiger partial charge in [0.1, 0.15) is 12.4 Å². The number of carbonyl (C=O) groups is 2. The molecule has 9 nitrogen and oxygen atoms in total. The quantitative estimate of drug-likeness (QED) is 0.584. The van der Waals surface area contributed by atoms with Crippen molar-refractivity contribution in [1.82, 2.24) is 24.3 Å². The van der Waals surface area contributed by atoms with Gasteiger partial charge in [0.25, 0.3) is 5.91 Å². The van der Waals surface area contributed by atoms with Crippen LogP contribution in [0.3, 0.4) is 0 Å². The fraction of sp³-hybridized carbons (Fsp3) is 0.385. The van der Waals surface area contributed by atoms with Crippen LogP contribution in [0.5, 0.6) is 5.75 Å². The number of nitrogens with one attached hydrogen (secondary N) is 1. The molecule has 1 fully saturated rings. The Kier molecular flexibility index (Phi) is 6.25. The van der Waals surface area contributed by atoms with E-state index in [0.29, 0.717) is 37.8 Å². The lowest BCUT2D eigenvalue weighted by Crippen LogP contribution is -2.40. The number of amides is 2. The number of aromatic nitrogens is 3. The number of rotatable bonds is 4. The first-order valence-corrected chi connectivity index (χ1v) is 11.9. The van der Waals surface area contributed by atoms with Gasteiger partial charge >= 0.3 is 0 Å². The maximum Gasteiger partial charge on any atom is 0.258 e. The number of piperidine rings is 1. The molecule has 2 aromatic heterocycles. The Morgan fingerprint density at radius 3 is 2.91 bits per heavy atom. The fourth-order valence-electron chi connectivity index (χ4n) is 4.99. The zero-order valence-corrected chi connectivity index (χ0v) is 20.2. The average Bonchev–Trinajstić information content (AvgIpc) is 3.11. The lowest BCUT2D eigenvalue weighted by Gasteiger charge is -2.34. The van der Waals surface area contributed by atoms with E-state index in [1.165, 1.54) is 6.08 Å². The number of imidazole rings is 1. The van der Waals surface area contributed by atoms with Crippen molar-refractivity contribution in [2.24, 2.45) is 0 Å². The highest BCUT2D eigenvalue weighted by Gasteiger charge is 2.30. The molecule has 0 spiro atoms. The van der Waals surface area contributed by atoms with Crippen molar-refractivity contribution < 1.29 is 14.3 Å². The van der Waals surface area contributed by atoms with E-state index < -0.39 is 0 Å². The van der Waals surface area contributed by atoms with Crippen LogP contribution in [-0.4, -0.2) is 69.4 Å². The number of carbonyl (C=O) groups excluding carboxylic acids is 2. The molecule has 0 saturated carbocycles. The third-order valence-electron chi connectivity index (χ3n) is 6.70. The predicted octanol–water partition coefficient (Wildman–Crippen LogP) is 3.17. The number of likely N-dealkylation sites (tertiary alicyclic amines) is 1. The SMILES string of the molecule is C=CC(=O)N1CCCC(n2c(NC(=O)c3ccnc(C)c3)nc3ccc4c(c32)CN(C)CCO4)C1. The molecular formula is C26H30N6O3. The highest BCUT2D eigenvalue weighted by Crippen LogP contribution is 2.37. The second-order valence-corrected chi connectivity index (χ2v) is 9.23. The van der Waals surface area contributed by atoms with E-state index in [0.717, 1.165) is 47.4 Å². The number of fused-ring (bicyclic) bond motifs is 3. The van der Waals surface area contributed by atoms with E-state index in [1.807, 2.05) is 24.0 Å². The van der Waals surface area contributed by atoms with Gasteiger partial charge in [0.05, 0.1) is 17.1 Å². The van der Waals surface area contributed by atoms with Crippen molar-refractivity contribution in [3.8, 4) is 5.75 Å². The van der Waals surface area contributed by atoms with Gasteiger partial charge in [0.2, 0.25) is 11.9 Å². The van der Waals surface area contributed by atoms with E-state index in [9.17, 15) is 9.59 Å². The first-order valence-electron chi connectivity index (χ1n) is 11.9. The summed E-state index contributed by atoms with van der Waals surface area (Å²) in [6.07, 6.45) is 4.70. The molecule has 1 unspecified atom stereocenters. The Balaban J connectivity index is 1.63. The fourth-order valence-corrected chi connectivity index (χ4v) is 4.99. The molecule has 0 bridgehead atoms. The molecule has 2 amide bonds. The number of anilines is 1. The molecule has 9 heteroatoms. The van der Waals surface area contributed by atoms with Crippen molar-refractivity contribution >= 4 is 28.8 Å². The first-order chi connectivity index (χ1) is 16.9. The minimum absolute atomic E-state index is 0.0489. The molecule has 1 N–H and O–H groups in total. The van der Waals surface area contributed by atoms with Crippen LogP contribution in [0, 0.1) is 6.92 Å². The number of hydrogen-bond acceptors (Lipinski definition) is 6. The van der Waals surface area contributed by atoms with Crippen LogP contribution in [0.2, 0.25) is 0 Å². The van der Waals surface area contributed by atoms with Crippen molar-refractivity contribution in [3.05, 3.63) is 59.9 Å². The summed E-state index contributed by atoms with van der Waals surface area (Å²) in [5.41, 5.74) is 4.06. The number of nitrogens with zero attached hydrogens (tertiary/aromatic N) is 5. The molecule has 2 aliphatic rings. The molecule has 2 aliphatic heterocycles. The second kappa shape index (κ2) is 9.50. The van der Waals surface area contributed by atoms with Crippen molar-refractivity contribution in [2.75, 3.05) is 38.6 Å². The highest BCUT2D eigenvalue weighted by molar-refractivity contribution is 6.04. The molecule has 4 heterocycles. The van der Waals surface area contributed by atoms with Gasteiger partial charge in [-0.15, -0.1) is 0 Å². The van der Waals surface area contributed by atoms with Gasteiger partial charge in [-0.25, -0.2) is 4.98 Å². The van der Waals surface area contributed by atoms with Gasteiger partial charge in [0, 0.05) is 49.2 Å². The number of pyridine rings is 1. The number of aryl methyl sites for hydroxylation is 1. The summed E-state index contributed by atoms with van der Waals surface area (Å²) in [6.45, 7) is 8.85. The van der Waals surface area contributed by atoms with Gasteiger partial charge in [-0.3, -0.25) is 24.8 Å². The molecule has 3 aromatic rings. The Hall–Kier alpha value is -3.72. The lowest BCUT2D eigenvalue weighted by atomic mass is 10.0. The minimum Gasteiger partial charge on any atom is -0.492 e. The summed E-state index contributed by atoms with van der Waals surface area (Å²) in [7, 11) is 2.07.